The predicted octanol–water partition coefficient (Wildman–Crippen LogP) is 5.28. The maximum atomic E-state index is 13.0. The number of anilines is 1. The van der Waals surface area contributed by atoms with E-state index in [2.05, 4.69) is 11.0 Å². The van der Waals surface area contributed by atoms with Crippen molar-refractivity contribution in [1.82, 2.24) is 4.90 Å². The lowest BCUT2D eigenvalue weighted by molar-refractivity contribution is -0.129. The molecule has 142 valence electrons. The molecule has 0 bridgehead atoms. The van der Waals surface area contributed by atoms with Gasteiger partial charge in [-0.1, -0.05) is 41.6 Å². The van der Waals surface area contributed by atoms with Gasteiger partial charge in [0, 0.05) is 27.9 Å². The Balaban J connectivity index is 1.65. The van der Waals surface area contributed by atoms with Crippen molar-refractivity contribution in [3.8, 4) is 6.07 Å². The van der Waals surface area contributed by atoms with E-state index in [0.29, 0.717) is 29.6 Å². The summed E-state index contributed by atoms with van der Waals surface area (Å²) in [7, 11) is 0. The monoisotopic (exact) mass is 427 g/mol. The summed E-state index contributed by atoms with van der Waals surface area (Å²) in [6.07, 6.45) is 2.35. The summed E-state index contributed by atoms with van der Waals surface area (Å²) in [4.78, 5) is 18.0. The number of allylic oxidation sites excluding steroid dienone is 1. The van der Waals surface area contributed by atoms with Gasteiger partial charge in [0.05, 0.1) is 29.2 Å². The maximum Gasteiger partial charge on any atom is 0.229 e. The molecule has 0 N–H and O–H groups in total. The highest BCUT2D eigenvalue weighted by atomic mass is 35.5. The van der Waals surface area contributed by atoms with Crippen LogP contribution < -0.4 is 4.90 Å². The highest BCUT2D eigenvalue weighted by Gasteiger charge is 2.38. The molecule has 0 saturated carbocycles. The number of nitriles is 1. The Morgan fingerprint density at radius 1 is 1.25 bits per heavy atom. The van der Waals surface area contributed by atoms with Gasteiger partial charge >= 0.3 is 0 Å². The molecule has 2 aliphatic heterocycles. The number of halogens is 1. The molecule has 0 aliphatic carbocycles. The van der Waals surface area contributed by atoms with Crippen LogP contribution in [0.1, 0.15) is 17.9 Å². The van der Waals surface area contributed by atoms with Gasteiger partial charge in [0.25, 0.3) is 0 Å². The molecule has 0 unspecified atom stereocenters. The van der Waals surface area contributed by atoms with Crippen LogP contribution in [-0.4, -0.2) is 29.6 Å². The highest BCUT2D eigenvalue weighted by Crippen LogP contribution is 2.43. The Hall–Kier alpha value is -2.07. The third-order valence-electron chi connectivity index (χ3n) is 4.99. The number of carbonyl (C=O) groups excluding carboxylic acids is 1. The van der Waals surface area contributed by atoms with Crippen LogP contribution in [0.2, 0.25) is 5.02 Å². The van der Waals surface area contributed by atoms with Crippen LogP contribution in [0.4, 0.5) is 5.69 Å². The number of amides is 1. The summed E-state index contributed by atoms with van der Waals surface area (Å²) < 4.78 is 0. The van der Waals surface area contributed by atoms with Crippen molar-refractivity contribution < 1.29 is 4.79 Å². The van der Waals surface area contributed by atoms with Crippen LogP contribution >= 0.6 is 35.1 Å². The van der Waals surface area contributed by atoms with Crippen LogP contribution in [0.15, 0.2) is 64.0 Å². The third-order valence-corrected chi connectivity index (χ3v) is 7.12. The second kappa shape index (κ2) is 8.12. The lowest BCUT2D eigenvalue weighted by Gasteiger charge is -2.42. The molecule has 1 amide bonds. The average molecular weight is 428 g/mol. The summed E-state index contributed by atoms with van der Waals surface area (Å²) in [5, 5.41) is 11.3. The molecule has 0 spiro atoms. The third kappa shape index (κ3) is 3.62. The highest BCUT2D eigenvalue weighted by molar-refractivity contribution is 8.03. The Morgan fingerprint density at radius 3 is 2.71 bits per heavy atom. The van der Waals surface area contributed by atoms with Gasteiger partial charge in [0.1, 0.15) is 0 Å². The number of fused-ring (bicyclic) bond motifs is 1. The first kappa shape index (κ1) is 19.3. The first-order valence-electron chi connectivity index (χ1n) is 8.82. The molecule has 2 aromatic carbocycles. The van der Waals surface area contributed by atoms with Crippen molar-refractivity contribution >= 4 is 46.7 Å². The quantitative estimate of drug-likeness (QED) is 0.623. The predicted molar refractivity (Wildman–Crippen MR) is 116 cm³/mol. The van der Waals surface area contributed by atoms with Crippen LogP contribution in [0.5, 0.6) is 0 Å². The van der Waals surface area contributed by atoms with E-state index >= 15 is 0 Å². The van der Waals surface area contributed by atoms with Gasteiger partial charge in [0.2, 0.25) is 5.91 Å². The molecule has 1 atom stereocenters. The molecule has 28 heavy (non-hydrogen) atoms. The number of nitrogens with zero attached hydrogens (tertiary/aromatic N) is 3. The lowest BCUT2D eigenvalue weighted by Crippen LogP contribution is -2.47. The summed E-state index contributed by atoms with van der Waals surface area (Å²) in [5.41, 5.74) is 2.68. The van der Waals surface area contributed by atoms with E-state index in [1.165, 1.54) is 16.7 Å². The Kier molecular flexibility index (Phi) is 5.58. The van der Waals surface area contributed by atoms with Gasteiger partial charge in [-0.3, -0.25) is 9.69 Å². The molecule has 2 aliphatic rings. The van der Waals surface area contributed by atoms with Gasteiger partial charge in [-0.25, -0.2) is 0 Å². The minimum Gasteiger partial charge on any atom is -0.344 e. The molecule has 0 radical (unpaired) electrons. The fourth-order valence-corrected chi connectivity index (χ4v) is 5.28. The topological polar surface area (TPSA) is 47.3 Å². The van der Waals surface area contributed by atoms with Crippen molar-refractivity contribution in [3.63, 3.8) is 0 Å². The summed E-state index contributed by atoms with van der Waals surface area (Å²) >= 11 is 9.33. The first-order chi connectivity index (χ1) is 13.6. The second-order valence-corrected chi connectivity index (χ2v) is 8.87. The van der Waals surface area contributed by atoms with Gasteiger partial charge in [-0.15, -0.1) is 11.8 Å². The standard InChI is InChI=1S/C21H18ClN3OS2/c1-27-17-7-5-14(6-8-17)18-10-20(26)25-12-24(13-28-21(25)19(18)11-23)16-4-2-3-15(22)9-16/h2-9,18H,10,12-13H2,1H3/t18-/m1/s1. The van der Waals surface area contributed by atoms with Crippen molar-refractivity contribution in [2.75, 3.05) is 23.7 Å². The van der Waals surface area contributed by atoms with E-state index in [1.807, 2.05) is 54.8 Å². The minimum absolute atomic E-state index is 0.0483. The second-order valence-electron chi connectivity index (χ2n) is 6.62. The van der Waals surface area contributed by atoms with Gasteiger partial charge in [0.15, 0.2) is 0 Å². The van der Waals surface area contributed by atoms with Crippen molar-refractivity contribution in [2.45, 2.75) is 17.2 Å². The number of hydrogen-bond acceptors (Lipinski definition) is 5. The molecule has 2 heterocycles. The Morgan fingerprint density at radius 2 is 2.04 bits per heavy atom. The van der Waals surface area contributed by atoms with E-state index in [4.69, 9.17) is 11.6 Å². The minimum atomic E-state index is -0.176. The Labute approximate surface area is 178 Å². The fraction of sp³-hybridized carbons (Fsp3) is 0.238. The Bertz CT molecular complexity index is 984. The van der Waals surface area contributed by atoms with E-state index in [9.17, 15) is 10.1 Å². The number of carbonyl (C=O) groups is 1. The smallest absolute Gasteiger partial charge is 0.229 e. The zero-order valence-electron chi connectivity index (χ0n) is 15.3. The number of rotatable bonds is 3. The zero-order valence-corrected chi connectivity index (χ0v) is 17.7. The molecule has 1 saturated heterocycles. The molecular formula is C21H18ClN3OS2. The summed E-state index contributed by atoms with van der Waals surface area (Å²) in [6, 6.07) is 18.2. The van der Waals surface area contributed by atoms with Crippen LogP contribution in [0.3, 0.4) is 0 Å². The molecule has 0 aromatic heterocycles. The number of hydrogen-bond donors (Lipinski definition) is 0. The molecule has 2 aromatic rings. The summed E-state index contributed by atoms with van der Waals surface area (Å²) in [6.45, 7) is 0.435. The molecule has 1 fully saturated rings. The van der Waals surface area contributed by atoms with Crippen LogP contribution in [0.25, 0.3) is 0 Å². The molecule has 4 rings (SSSR count). The fourth-order valence-electron chi connectivity index (χ4n) is 3.52. The summed E-state index contributed by atoms with van der Waals surface area (Å²) in [5.74, 6) is 0.542. The lowest BCUT2D eigenvalue weighted by atomic mass is 9.86. The molecule has 4 nitrogen and oxygen atoms in total. The van der Waals surface area contributed by atoms with E-state index in [0.717, 1.165) is 16.3 Å². The number of thioether (sulfide) groups is 2. The first-order valence-corrected chi connectivity index (χ1v) is 11.4. The van der Waals surface area contributed by atoms with Gasteiger partial charge in [-0.2, -0.15) is 5.26 Å². The van der Waals surface area contributed by atoms with Crippen molar-refractivity contribution in [3.05, 3.63) is 69.7 Å². The van der Waals surface area contributed by atoms with E-state index < -0.39 is 0 Å². The van der Waals surface area contributed by atoms with E-state index in [-0.39, 0.29) is 11.8 Å². The SMILES string of the molecule is CSc1ccc([C@H]2CC(=O)N3CN(c4cccc(Cl)c4)CSC3=C2C#N)cc1. The van der Waals surface area contributed by atoms with Crippen molar-refractivity contribution in [1.29, 1.82) is 5.26 Å². The average Bonchev–Trinajstić information content (AvgIpc) is 2.73. The van der Waals surface area contributed by atoms with Crippen LogP contribution in [0, 0.1) is 11.3 Å². The normalized spacial score (nSPS) is 19.5. The number of benzene rings is 2. The van der Waals surface area contributed by atoms with Gasteiger partial charge in [-0.05, 0) is 42.2 Å². The zero-order chi connectivity index (χ0) is 19.7. The molecular weight excluding hydrogens is 410 g/mol. The van der Waals surface area contributed by atoms with Gasteiger partial charge < -0.3 is 4.90 Å². The van der Waals surface area contributed by atoms with Crippen LogP contribution in [-0.2, 0) is 4.79 Å². The molecule has 7 heteroatoms. The van der Waals surface area contributed by atoms with E-state index in [1.54, 1.807) is 16.7 Å². The van der Waals surface area contributed by atoms with Crippen molar-refractivity contribution in [2.24, 2.45) is 0 Å². The largest absolute Gasteiger partial charge is 0.344 e. The maximum absolute atomic E-state index is 13.0.